The highest BCUT2D eigenvalue weighted by Gasteiger charge is 2.38. The molecular formula is C13H13F3N4O2. The van der Waals surface area contributed by atoms with Crippen LogP contribution in [0.15, 0.2) is 22.9 Å². The van der Waals surface area contributed by atoms with E-state index in [-0.39, 0.29) is 18.3 Å². The van der Waals surface area contributed by atoms with Crippen LogP contribution in [0, 0.1) is 0 Å². The third-order valence-corrected chi connectivity index (χ3v) is 2.70. The molecule has 1 N–H and O–H groups in total. The Hall–Kier alpha value is -2.45. The van der Waals surface area contributed by atoms with E-state index in [9.17, 15) is 18.0 Å². The first kappa shape index (κ1) is 15.9. The maximum Gasteiger partial charge on any atom is 0.471 e. The van der Waals surface area contributed by atoms with E-state index in [4.69, 9.17) is 0 Å². The van der Waals surface area contributed by atoms with Gasteiger partial charge in [-0.05, 0) is 18.6 Å². The number of amides is 1. The third-order valence-electron chi connectivity index (χ3n) is 2.70. The topological polar surface area (TPSA) is 80.9 Å². The highest BCUT2D eigenvalue weighted by molar-refractivity contribution is 5.75. The van der Waals surface area contributed by atoms with Crippen LogP contribution in [-0.4, -0.2) is 21.0 Å². The quantitative estimate of drug-likeness (QED) is 0.917. The van der Waals surface area contributed by atoms with Gasteiger partial charge in [0.2, 0.25) is 11.7 Å². The number of carbonyl (C=O) groups is 1. The summed E-state index contributed by atoms with van der Waals surface area (Å²) < 4.78 is 41.3. The maximum absolute atomic E-state index is 12.4. The van der Waals surface area contributed by atoms with Gasteiger partial charge in [-0.15, -0.1) is 0 Å². The maximum atomic E-state index is 12.4. The number of rotatable bonds is 5. The standard InChI is InChI=1S/C13H13F3N4O2/c1-2-3-10(21)18-7-9-5-4-8(6-17-9)11-19-12(22-20-11)13(14,15)16/h4-6H,2-3,7H2,1H3,(H,18,21). The van der Waals surface area contributed by atoms with E-state index < -0.39 is 12.1 Å². The minimum atomic E-state index is -4.68. The Morgan fingerprint density at radius 2 is 2.14 bits per heavy atom. The van der Waals surface area contributed by atoms with Crippen LogP contribution in [0.4, 0.5) is 13.2 Å². The third kappa shape index (κ3) is 4.03. The first-order valence-electron chi connectivity index (χ1n) is 6.53. The first-order chi connectivity index (χ1) is 10.4. The van der Waals surface area contributed by atoms with Crippen LogP contribution in [-0.2, 0) is 17.5 Å². The van der Waals surface area contributed by atoms with E-state index in [2.05, 4.69) is 25.0 Å². The number of nitrogens with zero attached hydrogens (tertiary/aromatic N) is 3. The molecule has 2 aromatic heterocycles. The fraction of sp³-hybridized carbons (Fsp3) is 0.385. The van der Waals surface area contributed by atoms with Crippen LogP contribution in [0.2, 0.25) is 0 Å². The molecule has 0 bridgehead atoms. The molecule has 0 spiro atoms. The summed E-state index contributed by atoms with van der Waals surface area (Å²) in [6, 6.07) is 3.09. The molecule has 2 heterocycles. The lowest BCUT2D eigenvalue weighted by Gasteiger charge is -2.04. The second kappa shape index (κ2) is 6.54. The van der Waals surface area contributed by atoms with Gasteiger partial charge < -0.3 is 9.84 Å². The van der Waals surface area contributed by atoms with Crippen molar-refractivity contribution in [1.82, 2.24) is 20.4 Å². The van der Waals surface area contributed by atoms with Crippen LogP contribution in [0.25, 0.3) is 11.4 Å². The summed E-state index contributed by atoms with van der Waals surface area (Å²) in [6.07, 6.45) is -2.17. The van der Waals surface area contributed by atoms with E-state index in [1.165, 1.54) is 12.3 Å². The van der Waals surface area contributed by atoms with E-state index >= 15 is 0 Å². The number of nitrogens with one attached hydrogen (secondary N) is 1. The van der Waals surface area contributed by atoms with Gasteiger partial charge in [0.1, 0.15) is 0 Å². The summed E-state index contributed by atoms with van der Waals surface area (Å²) in [5, 5.41) is 5.95. The molecule has 2 rings (SSSR count). The molecule has 2 aromatic rings. The zero-order valence-electron chi connectivity index (χ0n) is 11.6. The van der Waals surface area contributed by atoms with Crippen molar-refractivity contribution in [1.29, 1.82) is 0 Å². The van der Waals surface area contributed by atoms with Gasteiger partial charge in [-0.25, -0.2) is 0 Å². The molecule has 9 heteroatoms. The van der Waals surface area contributed by atoms with Gasteiger partial charge in [-0.3, -0.25) is 9.78 Å². The van der Waals surface area contributed by atoms with Crippen molar-refractivity contribution in [3.8, 4) is 11.4 Å². The normalized spacial score (nSPS) is 11.5. The number of aromatic nitrogens is 3. The van der Waals surface area contributed by atoms with Gasteiger partial charge in [-0.2, -0.15) is 18.2 Å². The van der Waals surface area contributed by atoms with Crippen molar-refractivity contribution < 1.29 is 22.5 Å². The average molecular weight is 314 g/mol. The molecule has 6 nitrogen and oxygen atoms in total. The van der Waals surface area contributed by atoms with Crippen LogP contribution < -0.4 is 5.32 Å². The number of carbonyl (C=O) groups excluding carboxylic acids is 1. The van der Waals surface area contributed by atoms with E-state index in [0.29, 0.717) is 17.7 Å². The summed E-state index contributed by atoms with van der Waals surface area (Å²) in [5.41, 5.74) is 0.871. The van der Waals surface area contributed by atoms with Crippen molar-refractivity contribution in [3.63, 3.8) is 0 Å². The van der Waals surface area contributed by atoms with Crippen molar-refractivity contribution >= 4 is 5.91 Å². The number of pyridine rings is 1. The number of halogens is 3. The molecule has 0 aromatic carbocycles. The minimum absolute atomic E-state index is 0.0821. The van der Waals surface area contributed by atoms with Crippen LogP contribution in [0.1, 0.15) is 31.4 Å². The fourth-order valence-electron chi connectivity index (χ4n) is 1.62. The van der Waals surface area contributed by atoms with Gasteiger partial charge >= 0.3 is 12.1 Å². The summed E-state index contributed by atoms with van der Waals surface area (Å²) in [5.74, 6) is -1.68. The molecule has 0 radical (unpaired) electrons. The molecule has 0 fully saturated rings. The lowest BCUT2D eigenvalue weighted by Crippen LogP contribution is -2.22. The smallest absolute Gasteiger partial charge is 0.350 e. The lowest BCUT2D eigenvalue weighted by atomic mass is 10.2. The summed E-state index contributed by atoms with van der Waals surface area (Å²) in [4.78, 5) is 18.6. The lowest BCUT2D eigenvalue weighted by molar-refractivity contribution is -0.159. The number of hydrogen-bond acceptors (Lipinski definition) is 5. The fourth-order valence-corrected chi connectivity index (χ4v) is 1.62. The molecular weight excluding hydrogens is 301 g/mol. The molecule has 0 atom stereocenters. The van der Waals surface area contributed by atoms with Gasteiger partial charge in [0, 0.05) is 18.2 Å². The number of alkyl halides is 3. The monoisotopic (exact) mass is 314 g/mol. The average Bonchev–Trinajstić information content (AvgIpc) is 2.96. The molecule has 1 amide bonds. The van der Waals surface area contributed by atoms with E-state index in [1.54, 1.807) is 6.07 Å². The Balaban J connectivity index is 2.03. The highest BCUT2D eigenvalue weighted by atomic mass is 19.4. The zero-order valence-corrected chi connectivity index (χ0v) is 11.6. The molecule has 0 aliphatic rings. The Bertz CT molecular complexity index is 637. The summed E-state index contributed by atoms with van der Waals surface area (Å²) >= 11 is 0. The summed E-state index contributed by atoms with van der Waals surface area (Å²) in [7, 11) is 0. The Kier molecular flexibility index (Phi) is 4.74. The zero-order chi connectivity index (χ0) is 16.2. The largest absolute Gasteiger partial charge is 0.471 e. The number of hydrogen-bond donors (Lipinski definition) is 1. The van der Waals surface area contributed by atoms with Crippen molar-refractivity contribution in [2.24, 2.45) is 0 Å². The predicted molar refractivity (Wildman–Crippen MR) is 69.3 cm³/mol. The molecule has 0 saturated carbocycles. The van der Waals surface area contributed by atoms with Gasteiger partial charge in [0.05, 0.1) is 12.2 Å². The first-order valence-corrected chi connectivity index (χ1v) is 6.53. The van der Waals surface area contributed by atoms with Crippen LogP contribution in [0.5, 0.6) is 0 Å². The SMILES string of the molecule is CCCC(=O)NCc1ccc(-c2noc(C(F)(F)F)n2)cn1. The van der Waals surface area contributed by atoms with Gasteiger partial charge in [-0.1, -0.05) is 12.1 Å². The molecule has 0 aliphatic carbocycles. The molecule has 22 heavy (non-hydrogen) atoms. The van der Waals surface area contributed by atoms with Crippen molar-refractivity contribution in [3.05, 3.63) is 29.9 Å². The Morgan fingerprint density at radius 1 is 1.36 bits per heavy atom. The van der Waals surface area contributed by atoms with Crippen molar-refractivity contribution in [2.75, 3.05) is 0 Å². The van der Waals surface area contributed by atoms with Crippen LogP contribution in [0.3, 0.4) is 0 Å². The second-order valence-electron chi connectivity index (χ2n) is 4.49. The van der Waals surface area contributed by atoms with E-state index in [1.807, 2.05) is 6.92 Å². The molecule has 0 unspecified atom stereocenters. The van der Waals surface area contributed by atoms with E-state index in [0.717, 1.165) is 6.42 Å². The Morgan fingerprint density at radius 3 is 2.68 bits per heavy atom. The van der Waals surface area contributed by atoms with Crippen molar-refractivity contribution in [2.45, 2.75) is 32.5 Å². The predicted octanol–water partition coefficient (Wildman–Crippen LogP) is 2.57. The molecule has 0 saturated heterocycles. The van der Waals surface area contributed by atoms with Crippen LogP contribution >= 0.6 is 0 Å². The summed E-state index contributed by atoms with van der Waals surface area (Å²) in [6.45, 7) is 2.14. The molecule has 118 valence electrons. The van der Waals surface area contributed by atoms with Gasteiger partial charge in [0.25, 0.3) is 0 Å². The minimum Gasteiger partial charge on any atom is -0.350 e. The van der Waals surface area contributed by atoms with Gasteiger partial charge in [0.15, 0.2) is 0 Å². The molecule has 0 aliphatic heterocycles. The second-order valence-corrected chi connectivity index (χ2v) is 4.49. The highest BCUT2D eigenvalue weighted by Crippen LogP contribution is 2.29. The Labute approximate surface area is 123 Å².